The Bertz CT molecular complexity index is 292. The predicted molar refractivity (Wildman–Crippen MR) is 60.5 cm³/mol. The quantitative estimate of drug-likeness (QED) is 0.549. The first-order valence-electron chi connectivity index (χ1n) is 5.70. The molecule has 0 aromatic carbocycles. The Labute approximate surface area is 99.8 Å². The van der Waals surface area contributed by atoms with Crippen LogP contribution in [0.2, 0.25) is 0 Å². The van der Waals surface area contributed by atoms with Gasteiger partial charge in [0.15, 0.2) is 0 Å². The minimum absolute atomic E-state index is 0.0388. The van der Waals surface area contributed by atoms with Gasteiger partial charge in [0.1, 0.15) is 6.10 Å². The molecule has 0 aliphatic heterocycles. The van der Waals surface area contributed by atoms with Gasteiger partial charge in [-0.3, -0.25) is 4.79 Å². The van der Waals surface area contributed by atoms with Crippen molar-refractivity contribution in [3.05, 3.63) is 10.1 Å². The number of carbonyl (C=O) groups is 1. The average Bonchev–Trinajstić information content (AvgIpc) is 2.18. The summed E-state index contributed by atoms with van der Waals surface area (Å²) in [6.07, 6.45) is 2.18. The monoisotopic (exact) mass is 245 g/mol. The van der Waals surface area contributed by atoms with Gasteiger partial charge in [-0.15, -0.1) is 10.1 Å². The highest BCUT2D eigenvalue weighted by atomic mass is 17.0. The molecule has 1 saturated carbocycles. The van der Waals surface area contributed by atoms with Crippen LogP contribution in [-0.4, -0.2) is 28.7 Å². The summed E-state index contributed by atoms with van der Waals surface area (Å²) in [5, 5.41) is 12.2. The zero-order valence-corrected chi connectivity index (χ0v) is 10.1. The van der Waals surface area contributed by atoms with Crippen molar-refractivity contribution in [1.82, 2.24) is 5.32 Å². The van der Waals surface area contributed by atoms with Crippen LogP contribution in [0.1, 0.15) is 39.5 Å². The van der Waals surface area contributed by atoms with Crippen LogP contribution in [0.25, 0.3) is 0 Å². The summed E-state index contributed by atoms with van der Waals surface area (Å²) in [4.78, 5) is 26.3. The minimum atomic E-state index is -0.895. The van der Waals surface area contributed by atoms with Crippen LogP contribution in [0.4, 0.5) is 0 Å². The van der Waals surface area contributed by atoms with E-state index in [1.165, 1.54) is 0 Å². The molecule has 1 aliphatic carbocycles. The van der Waals surface area contributed by atoms with Gasteiger partial charge in [-0.1, -0.05) is 0 Å². The first kappa shape index (κ1) is 13.7. The molecule has 98 valence electrons. The van der Waals surface area contributed by atoms with Gasteiger partial charge in [-0.25, -0.2) is 0 Å². The third-order valence-corrected chi connectivity index (χ3v) is 2.83. The van der Waals surface area contributed by atoms with Crippen molar-refractivity contribution in [3.8, 4) is 0 Å². The molecule has 0 radical (unpaired) electrons. The van der Waals surface area contributed by atoms with Crippen LogP contribution in [-0.2, 0) is 9.63 Å². The third-order valence-electron chi connectivity index (χ3n) is 2.83. The molecule has 7 nitrogen and oxygen atoms in total. The van der Waals surface area contributed by atoms with Gasteiger partial charge in [0.25, 0.3) is 5.09 Å². The van der Waals surface area contributed by atoms with Crippen molar-refractivity contribution in [1.29, 1.82) is 0 Å². The molecule has 0 saturated heterocycles. The summed E-state index contributed by atoms with van der Waals surface area (Å²) in [7, 11) is 0. The van der Waals surface area contributed by atoms with Gasteiger partial charge in [0, 0.05) is 6.04 Å². The second-order valence-electron chi connectivity index (χ2n) is 5.00. The summed E-state index contributed by atoms with van der Waals surface area (Å²) in [6.45, 7) is 3.29. The third kappa shape index (κ3) is 4.56. The molecule has 0 aromatic rings. The molecule has 0 atom stereocenters. The molecule has 3 N–H and O–H groups in total. The fourth-order valence-electron chi connectivity index (χ4n) is 1.81. The molecule has 0 unspecified atom stereocenters. The number of nitrogens with zero attached hydrogens (tertiary/aromatic N) is 1. The Balaban J connectivity index is 2.33. The van der Waals surface area contributed by atoms with Crippen molar-refractivity contribution < 1.29 is 14.7 Å². The van der Waals surface area contributed by atoms with E-state index in [0.717, 1.165) is 0 Å². The topological polar surface area (TPSA) is 107 Å². The maximum atomic E-state index is 11.6. The number of nitrogens with one attached hydrogen (secondary N) is 1. The standard InChI is InChI=1S/C10H19N3O4/c1-10(2,11)9(14)12-7-3-5-8(6-4-7)17-13(15)16/h7-8H,3-6,11H2,1-2H3,(H,12,14)/t7-,8-. The summed E-state index contributed by atoms with van der Waals surface area (Å²) < 4.78 is 0. The first-order valence-corrected chi connectivity index (χ1v) is 5.70. The van der Waals surface area contributed by atoms with E-state index in [1.54, 1.807) is 13.8 Å². The van der Waals surface area contributed by atoms with Crippen molar-refractivity contribution in [2.45, 2.75) is 57.2 Å². The molecule has 1 rings (SSSR count). The second-order valence-corrected chi connectivity index (χ2v) is 5.00. The summed E-state index contributed by atoms with van der Waals surface area (Å²) in [6, 6.07) is 0.0388. The lowest BCUT2D eigenvalue weighted by Crippen LogP contribution is -2.53. The van der Waals surface area contributed by atoms with E-state index < -0.39 is 10.6 Å². The molecular formula is C10H19N3O4. The van der Waals surface area contributed by atoms with Gasteiger partial charge in [0.2, 0.25) is 5.91 Å². The first-order chi connectivity index (χ1) is 7.79. The van der Waals surface area contributed by atoms with Gasteiger partial charge in [-0.05, 0) is 39.5 Å². The molecule has 1 amide bonds. The molecule has 0 aromatic heterocycles. The smallest absolute Gasteiger partial charge is 0.294 e. The summed E-state index contributed by atoms with van der Waals surface area (Å²) in [5.41, 5.74) is 4.77. The Morgan fingerprint density at radius 2 is 1.94 bits per heavy atom. The fraction of sp³-hybridized carbons (Fsp3) is 0.900. The van der Waals surface area contributed by atoms with Crippen LogP contribution >= 0.6 is 0 Å². The maximum absolute atomic E-state index is 11.6. The second kappa shape index (κ2) is 5.31. The zero-order valence-electron chi connectivity index (χ0n) is 10.1. The molecule has 17 heavy (non-hydrogen) atoms. The van der Waals surface area contributed by atoms with E-state index in [2.05, 4.69) is 10.2 Å². The van der Waals surface area contributed by atoms with Crippen LogP contribution in [0.5, 0.6) is 0 Å². The maximum Gasteiger partial charge on any atom is 0.294 e. The van der Waals surface area contributed by atoms with Crippen molar-refractivity contribution in [2.75, 3.05) is 0 Å². The van der Waals surface area contributed by atoms with E-state index >= 15 is 0 Å². The summed E-state index contributed by atoms with van der Waals surface area (Å²) in [5.74, 6) is -0.198. The molecule has 7 heteroatoms. The molecule has 1 fully saturated rings. The number of amides is 1. The lowest BCUT2D eigenvalue weighted by Gasteiger charge is -2.29. The minimum Gasteiger partial charge on any atom is -0.352 e. The van der Waals surface area contributed by atoms with Crippen molar-refractivity contribution >= 4 is 5.91 Å². The Morgan fingerprint density at radius 3 is 2.35 bits per heavy atom. The van der Waals surface area contributed by atoms with Crippen LogP contribution in [0.15, 0.2) is 0 Å². The van der Waals surface area contributed by atoms with E-state index in [0.29, 0.717) is 25.7 Å². The van der Waals surface area contributed by atoms with Gasteiger partial charge >= 0.3 is 0 Å². The largest absolute Gasteiger partial charge is 0.352 e. The lowest BCUT2D eigenvalue weighted by atomic mass is 9.92. The molecule has 0 spiro atoms. The number of nitrogens with two attached hydrogens (primary N) is 1. The molecule has 0 bridgehead atoms. The van der Waals surface area contributed by atoms with Gasteiger partial charge in [-0.2, -0.15) is 0 Å². The number of hydrogen-bond donors (Lipinski definition) is 2. The number of hydrogen-bond acceptors (Lipinski definition) is 5. The van der Waals surface area contributed by atoms with Crippen LogP contribution in [0.3, 0.4) is 0 Å². The summed E-state index contributed by atoms with van der Waals surface area (Å²) >= 11 is 0. The van der Waals surface area contributed by atoms with E-state index in [9.17, 15) is 14.9 Å². The Kier molecular flexibility index (Phi) is 4.28. The Hall–Kier alpha value is -1.37. The van der Waals surface area contributed by atoms with Crippen LogP contribution < -0.4 is 11.1 Å². The van der Waals surface area contributed by atoms with E-state index in [-0.39, 0.29) is 18.1 Å². The van der Waals surface area contributed by atoms with Crippen molar-refractivity contribution in [2.24, 2.45) is 5.73 Å². The van der Waals surface area contributed by atoms with Crippen molar-refractivity contribution in [3.63, 3.8) is 0 Å². The normalized spacial score (nSPS) is 25.1. The number of rotatable bonds is 4. The number of carbonyl (C=O) groups excluding carboxylic acids is 1. The Morgan fingerprint density at radius 1 is 1.41 bits per heavy atom. The van der Waals surface area contributed by atoms with E-state index in [1.807, 2.05) is 0 Å². The average molecular weight is 245 g/mol. The molecule has 0 heterocycles. The van der Waals surface area contributed by atoms with E-state index in [4.69, 9.17) is 5.73 Å². The SMILES string of the molecule is CC(C)(N)C(=O)N[C@H]1CC[C@H](O[N+](=O)[O-])CC1. The molecule has 1 aliphatic rings. The van der Waals surface area contributed by atoms with Gasteiger partial charge in [0.05, 0.1) is 5.54 Å². The van der Waals surface area contributed by atoms with Gasteiger partial charge < -0.3 is 15.9 Å². The zero-order chi connectivity index (χ0) is 13.1. The van der Waals surface area contributed by atoms with Crippen LogP contribution in [0, 0.1) is 10.1 Å². The lowest BCUT2D eigenvalue weighted by molar-refractivity contribution is -0.769. The molecular weight excluding hydrogens is 226 g/mol. The predicted octanol–water partition coefficient (Wildman–Crippen LogP) is 0.359. The highest BCUT2D eigenvalue weighted by Gasteiger charge is 2.28. The fourth-order valence-corrected chi connectivity index (χ4v) is 1.81. The highest BCUT2D eigenvalue weighted by Crippen LogP contribution is 2.21. The highest BCUT2D eigenvalue weighted by molar-refractivity contribution is 5.85.